The lowest BCUT2D eigenvalue weighted by Gasteiger charge is -2.33. The van der Waals surface area contributed by atoms with Gasteiger partial charge in [0, 0.05) is 31.1 Å². The van der Waals surface area contributed by atoms with Crippen LogP contribution in [0.4, 0.5) is 5.00 Å². The molecule has 1 amide bonds. The molecule has 7 heteroatoms. The summed E-state index contributed by atoms with van der Waals surface area (Å²) >= 11 is 1.55. The lowest BCUT2D eigenvalue weighted by Crippen LogP contribution is -2.48. The summed E-state index contributed by atoms with van der Waals surface area (Å²) in [5, 5.41) is 3.69. The molecule has 0 unspecified atom stereocenters. The number of hydrogen-bond acceptors (Lipinski definition) is 6. The van der Waals surface area contributed by atoms with Gasteiger partial charge in [0.05, 0.1) is 18.7 Å². The van der Waals surface area contributed by atoms with E-state index in [-0.39, 0.29) is 11.9 Å². The minimum atomic E-state index is -0.309. The number of esters is 1. The third-order valence-corrected chi connectivity index (χ3v) is 6.69. The molecule has 1 saturated heterocycles. The Morgan fingerprint density at radius 3 is 2.56 bits per heavy atom. The number of nitrogens with zero attached hydrogens (tertiary/aromatic N) is 2. The summed E-state index contributed by atoms with van der Waals surface area (Å²) in [6.45, 7) is 11.8. The van der Waals surface area contributed by atoms with Crippen molar-refractivity contribution in [2.24, 2.45) is 5.92 Å². The summed E-state index contributed by atoms with van der Waals surface area (Å²) in [5.41, 5.74) is 1.68. The summed E-state index contributed by atoms with van der Waals surface area (Å²) in [6, 6.07) is 0. The maximum Gasteiger partial charge on any atom is 0.341 e. The minimum Gasteiger partial charge on any atom is -0.462 e. The number of amides is 1. The van der Waals surface area contributed by atoms with Crippen LogP contribution in [0, 0.1) is 5.92 Å². The number of anilines is 1. The average Bonchev–Trinajstić information content (AvgIpc) is 2.99. The number of carbonyl (C=O) groups excluding carboxylic acids is 2. The van der Waals surface area contributed by atoms with Crippen molar-refractivity contribution in [1.29, 1.82) is 0 Å². The molecular formula is C20H31N3O3S. The smallest absolute Gasteiger partial charge is 0.341 e. The monoisotopic (exact) mass is 393 g/mol. The zero-order valence-electron chi connectivity index (χ0n) is 16.7. The SMILES string of the molecule is CCOC(=O)c1c(NC(=O)CN2CCN(CC)CC2)sc2c1CC[C@H](C)C2. The second kappa shape index (κ2) is 9.17. The van der Waals surface area contributed by atoms with Gasteiger partial charge in [-0.05, 0) is 44.2 Å². The molecule has 2 aliphatic rings. The highest BCUT2D eigenvalue weighted by atomic mass is 32.1. The Hall–Kier alpha value is -1.44. The zero-order chi connectivity index (χ0) is 19.4. The van der Waals surface area contributed by atoms with Crippen LogP contribution in [0.2, 0.25) is 0 Å². The van der Waals surface area contributed by atoms with Gasteiger partial charge in [-0.2, -0.15) is 0 Å². The maximum atomic E-state index is 12.6. The van der Waals surface area contributed by atoms with E-state index in [2.05, 4.69) is 29.0 Å². The fourth-order valence-corrected chi connectivity index (χ4v) is 5.31. The molecular weight excluding hydrogens is 362 g/mol. The van der Waals surface area contributed by atoms with Crippen molar-refractivity contribution in [2.45, 2.75) is 40.0 Å². The second-order valence-electron chi connectivity index (χ2n) is 7.53. The van der Waals surface area contributed by atoms with Crippen LogP contribution < -0.4 is 5.32 Å². The molecule has 6 nitrogen and oxygen atoms in total. The maximum absolute atomic E-state index is 12.6. The fraction of sp³-hybridized carbons (Fsp3) is 0.700. The topological polar surface area (TPSA) is 61.9 Å². The van der Waals surface area contributed by atoms with Crippen LogP contribution in [0.5, 0.6) is 0 Å². The number of nitrogens with one attached hydrogen (secondary N) is 1. The lowest BCUT2D eigenvalue weighted by molar-refractivity contribution is -0.117. The molecule has 1 aromatic heterocycles. The quantitative estimate of drug-likeness (QED) is 0.753. The van der Waals surface area contributed by atoms with Gasteiger partial charge in [0.25, 0.3) is 0 Å². The van der Waals surface area contributed by atoms with E-state index in [9.17, 15) is 9.59 Å². The van der Waals surface area contributed by atoms with E-state index in [0.29, 0.717) is 29.6 Å². The van der Waals surface area contributed by atoms with E-state index in [1.807, 2.05) is 6.92 Å². The van der Waals surface area contributed by atoms with Crippen LogP contribution in [0.1, 0.15) is 48.0 Å². The minimum absolute atomic E-state index is 0.0443. The summed E-state index contributed by atoms with van der Waals surface area (Å²) < 4.78 is 5.28. The Balaban J connectivity index is 1.70. The summed E-state index contributed by atoms with van der Waals surface area (Å²) in [7, 11) is 0. The number of fused-ring (bicyclic) bond motifs is 1. The van der Waals surface area contributed by atoms with E-state index >= 15 is 0 Å². The van der Waals surface area contributed by atoms with Crippen LogP contribution in [0.3, 0.4) is 0 Å². The van der Waals surface area contributed by atoms with Gasteiger partial charge in [-0.15, -0.1) is 11.3 Å². The molecule has 1 fully saturated rings. The Kier molecular flexibility index (Phi) is 6.89. The standard InChI is InChI=1S/C20H31N3O3S/c1-4-22-8-10-23(11-9-22)13-17(24)21-19-18(20(25)26-5-2)15-7-6-14(3)12-16(15)27-19/h14H,4-13H2,1-3H3,(H,21,24)/t14-/m0/s1. The molecule has 150 valence electrons. The fourth-order valence-electron chi connectivity index (χ4n) is 3.89. The number of hydrogen-bond donors (Lipinski definition) is 1. The lowest BCUT2D eigenvalue weighted by atomic mass is 9.88. The first-order chi connectivity index (χ1) is 13.0. The number of likely N-dealkylation sites (N-methyl/N-ethyl adjacent to an activating group) is 1. The van der Waals surface area contributed by atoms with Crippen LogP contribution in [0.15, 0.2) is 0 Å². The summed E-state index contributed by atoms with van der Waals surface area (Å²) in [6.07, 6.45) is 2.93. The predicted octanol–water partition coefficient (Wildman–Crippen LogP) is 2.63. The van der Waals surface area contributed by atoms with Gasteiger partial charge < -0.3 is 15.0 Å². The number of carbonyl (C=O) groups is 2. The van der Waals surface area contributed by atoms with Gasteiger partial charge >= 0.3 is 5.97 Å². The van der Waals surface area contributed by atoms with Crippen molar-refractivity contribution in [1.82, 2.24) is 9.80 Å². The molecule has 0 bridgehead atoms. The number of thiophene rings is 1. The third-order valence-electron chi connectivity index (χ3n) is 5.52. The van der Waals surface area contributed by atoms with Gasteiger partial charge in [0.2, 0.25) is 5.91 Å². The third kappa shape index (κ3) is 4.89. The van der Waals surface area contributed by atoms with Crippen molar-refractivity contribution in [3.8, 4) is 0 Å². The predicted molar refractivity (Wildman–Crippen MR) is 109 cm³/mol. The average molecular weight is 394 g/mol. The van der Waals surface area contributed by atoms with Gasteiger partial charge in [-0.1, -0.05) is 13.8 Å². The van der Waals surface area contributed by atoms with Gasteiger partial charge in [0.15, 0.2) is 0 Å². The summed E-state index contributed by atoms with van der Waals surface area (Å²) in [5.74, 6) is 0.262. The van der Waals surface area contributed by atoms with Crippen LogP contribution >= 0.6 is 11.3 Å². The van der Waals surface area contributed by atoms with Crippen molar-refractivity contribution in [2.75, 3.05) is 51.2 Å². The normalized spacial score (nSPS) is 20.9. The molecule has 1 aromatic rings. The van der Waals surface area contributed by atoms with Crippen LogP contribution in [-0.2, 0) is 22.4 Å². The van der Waals surface area contributed by atoms with Gasteiger partial charge in [-0.25, -0.2) is 4.79 Å². The first-order valence-corrected chi connectivity index (χ1v) is 10.9. The molecule has 0 spiro atoms. The highest BCUT2D eigenvalue weighted by molar-refractivity contribution is 7.17. The molecule has 0 aromatic carbocycles. The van der Waals surface area contributed by atoms with Crippen molar-refractivity contribution in [3.63, 3.8) is 0 Å². The molecule has 0 radical (unpaired) electrons. The van der Waals surface area contributed by atoms with Crippen molar-refractivity contribution in [3.05, 3.63) is 16.0 Å². The Labute approximate surface area is 165 Å². The van der Waals surface area contributed by atoms with Gasteiger partial charge in [0.1, 0.15) is 5.00 Å². The van der Waals surface area contributed by atoms with Gasteiger partial charge in [-0.3, -0.25) is 9.69 Å². The highest BCUT2D eigenvalue weighted by Gasteiger charge is 2.29. The molecule has 1 aliphatic carbocycles. The highest BCUT2D eigenvalue weighted by Crippen LogP contribution is 2.40. The molecule has 1 aliphatic heterocycles. The summed E-state index contributed by atoms with van der Waals surface area (Å²) in [4.78, 5) is 31.0. The molecule has 1 atom stereocenters. The molecule has 1 N–H and O–H groups in total. The zero-order valence-corrected chi connectivity index (χ0v) is 17.5. The molecule has 0 saturated carbocycles. The molecule has 2 heterocycles. The number of ether oxygens (including phenoxy) is 1. The van der Waals surface area contributed by atoms with E-state index in [4.69, 9.17) is 4.74 Å². The Bertz CT molecular complexity index is 680. The first kappa shape index (κ1) is 20.3. The Morgan fingerprint density at radius 1 is 1.19 bits per heavy atom. The molecule has 3 rings (SSSR count). The Morgan fingerprint density at radius 2 is 1.89 bits per heavy atom. The second-order valence-corrected chi connectivity index (χ2v) is 8.64. The first-order valence-electron chi connectivity index (χ1n) is 10.1. The number of rotatable bonds is 6. The molecule has 27 heavy (non-hydrogen) atoms. The van der Waals surface area contributed by atoms with Crippen molar-refractivity contribution >= 4 is 28.2 Å². The van der Waals surface area contributed by atoms with E-state index < -0.39 is 0 Å². The van der Waals surface area contributed by atoms with Crippen LogP contribution in [-0.4, -0.2) is 67.6 Å². The van der Waals surface area contributed by atoms with E-state index in [0.717, 1.165) is 57.5 Å². The largest absolute Gasteiger partial charge is 0.462 e. The van der Waals surface area contributed by atoms with E-state index in [1.54, 1.807) is 11.3 Å². The van der Waals surface area contributed by atoms with Crippen LogP contribution in [0.25, 0.3) is 0 Å². The number of piperazine rings is 1. The van der Waals surface area contributed by atoms with Crippen molar-refractivity contribution < 1.29 is 14.3 Å². The van der Waals surface area contributed by atoms with E-state index in [1.165, 1.54) is 4.88 Å².